The number of anilines is 1. The summed E-state index contributed by atoms with van der Waals surface area (Å²) in [5.41, 5.74) is 10.4. The number of nitrogens with zero attached hydrogens (tertiary/aromatic N) is 4. The van der Waals surface area contributed by atoms with Crippen LogP contribution in [0.4, 0.5) is 5.82 Å². The van der Waals surface area contributed by atoms with Crippen LogP contribution in [0.25, 0.3) is 5.69 Å². The van der Waals surface area contributed by atoms with E-state index in [9.17, 15) is 9.59 Å². The number of ether oxygens (including phenoxy) is 1. The molecule has 2 N–H and O–H groups in total. The van der Waals surface area contributed by atoms with Crippen LogP contribution in [0.2, 0.25) is 0 Å². The number of benzene rings is 2. The summed E-state index contributed by atoms with van der Waals surface area (Å²) in [7, 11) is 1.66. The lowest BCUT2D eigenvalue weighted by Gasteiger charge is -2.25. The average Bonchev–Trinajstić information content (AvgIpc) is 3.28. The van der Waals surface area contributed by atoms with Crippen molar-refractivity contribution in [3.8, 4) is 11.4 Å². The molecule has 9 nitrogen and oxygen atoms in total. The van der Waals surface area contributed by atoms with Gasteiger partial charge in [0.05, 0.1) is 18.8 Å². The number of aromatic nitrogens is 2. The molecule has 5 rings (SSSR count). The number of nitrogens with one attached hydrogen (secondary N) is 2. The smallest absolute Gasteiger partial charge is 0.271 e. The zero-order chi connectivity index (χ0) is 25.9. The summed E-state index contributed by atoms with van der Waals surface area (Å²) in [5.74, 6) is 1.65. The predicted molar refractivity (Wildman–Crippen MR) is 143 cm³/mol. The quantitative estimate of drug-likeness (QED) is 0.554. The van der Waals surface area contributed by atoms with E-state index < -0.39 is 0 Å². The molecule has 2 aliphatic rings. The molecule has 1 aromatic heterocycles. The van der Waals surface area contributed by atoms with E-state index in [1.165, 1.54) is 10.2 Å². The summed E-state index contributed by atoms with van der Waals surface area (Å²) < 4.78 is 6.96. The summed E-state index contributed by atoms with van der Waals surface area (Å²) >= 11 is 0. The maximum absolute atomic E-state index is 13.4. The lowest BCUT2D eigenvalue weighted by molar-refractivity contribution is -0.133. The second kappa shape index (κ2) is 10.7. The number of carbonyl (C=O) groups is 1. The van der Waals surface area contributed by atoms with Crippen molar-refractivity contribution in [3.05, 3.63) is 81.6 Å². The molecule has 0 spiro atoms. The number of hydrogen-bond donors (Lipinski definition) is 2. The highest BCUT2D eigenvalue weighted by Crippen LogP contribution is 2.30. The molecule has 3 heterocycles. The van der Waals surface area contributed by atoms with Crippen LogP contribution in [0.3, 0.4) is 0 Å². The van der Waals surface area contributed by atoms with Gasteiger partial charge in [0.2, 0.25) is 5.91 Å². The molecule has 0 saturated carbocycles. The normalized spacial score (nSPS) is 20.1. The van der Waals surface area contributed by atoms with E-state index in [1.807, 2.05) is 61.2 Å². The number of methoxy groups -OCH3 is 1. The molecule has 0 aliphatic carbocycles. The van der Waals surface area contributed by atoms with Crippen LogP contribution in [0.5, 0.6) is 5.75 Å². The first-order chi connectivity index (χ1) is 17.9. The first-order valence-corrected chi connectivity index (χ1v) is 12.8. The molecular formula is C28H34N6O3. The van der Waals surface area contributed by atoms with E-state index in [1.54, 1.807) is 19.2 Å². The van der Waals surface area contributed by atoms with Crippen molar-refractivity contribution < 1.29 is 9.53 Å². The van der Waals surface area contributed by atoms with Gasteiger partial charge in [-0.2, -0.15) is 4.68 Å². The third-order valence-corrected chi connectivity index (χ3v) is 7.37. The molecule has 2 fully saturated rings. The Kier molecular flexibility index (Phi) is 7.25. The van der Waals surface area contributed by atoms with Crippen LogP contribution in [0, 0.1) is 13.8 Å². The second-order valence-electron chi connectivity index (χ2n) is 9.75. The summed E-state index contributed by atoms with van der Waals surface area (Å²) in [6.45, 7) is 6.78. The van der Waals surface area contributed by atoms with Crippen molar-refractivity contribution in [1.82, 2.24) is 25.5 Å². The lowest BCUT2D eigenvalue weighted by atomic mass is 10.0. The Hall–Kier alpha value is -3.69. The topological polar surface area (TPSA) is 91.7 Å². The Morgan fingerprint density at radius 2 is 1.81 bits per heavy atom. The number of amides is 1. The molecule has 1 amide bonds. The fourth-order valence-electron chi connectivity index (χ4n) is 5.08. The molecule has 3 aromatic rings. The van der Waals surface area contributed by atoms with Crippen LogP contribution in [0.1, 0.15) is 35.6 Å². The highest BCUT2D eigenvalue weighted by Gasteiger charge is 2.34. The van der Waals surface area contributed by atoms with Gasteiger partial charge < -0.3 is 14.5 Å². The Morgan fingerprint density at radius 1 is 0.973 bits per heavy atom. The highest BCUT2D eigenvalue weighted by atomic mass is 16.5. The fourth-order valence-corrected chi connectivity index (χ4v) is 5.08. The standard InChI is InChI=1S/C28H34N6O3/c1-19-9-10-21(17-20(19)2)34-27(35)12-11-26(31-34)32-13-6-14-33(16-15-32)28(36)24-18-23(29-30-24)22-7-4-5-8-25(22)37-3/h4-5,7-12,17,23-24,29-30H,6,13-16,18H2,1-3H3. The molecule has 194 valence electrons. The summed E-state index contributed by atoms with van der Waals surface area (Å²) in [5, 5.41) is 4.68. The lowest BCUT2D eigenvalue weighted by Crippen LogP contribution is -2.46. The Morgan fingerprint density at radius 3 is 2.62 bits per heavy atom. The molecule has 2 atom stereocenters. The fraction of sp³-hybridized carbons (Fsp3) is 0.393. The molecule has 0 radical (unpaired) electrons. The average molecular weight is 503 g/mol. The van der Waals surface area contributed by atoms with Gasteiger partial charge in [0.25, 0.3) is 5.56 Å². The van der Waals surface area contributed by atoms with E-state index in [-0.39, 0.29) is 23.6 Å². The van der Waals surface area contributed by atoms with Gasteiger partial charge in [0.15, 0.2) is 0 Å². The van der Waals surface area contributed by atoms with Crippen LogP contribution in [0.15, 0.2) is 59.4 Å². The molecule has 2 unspecified atom stereocenters. The second-order valence-corrected chi connectivity index (χ2v) is 9.75. The number of para-hydroxylation sites is 1. The first-order valence-electron chi connectivity index (χ1n) is 12.8. The largest absolute Gasteiger partial charge is 0.496 e. The monoisotopic (exact) mass is 502 g/mol. The molecular weight excluding hydrogens is 468 g/mol. The summed E-state index contributed by atoms with van der Waals surface area (Å²) in [6.07, 6.45) is 1.48. The molecule has 9 heteroatoms. The van der Waals surface area contributed by atoms with Gasteiger partial charge in [-0.05, 0) is 62.1 Å². The third-order valence-electron chi connectivity index (χ3n) is 7.37. The zero-order valence-corrected chi connectivity index (χ0v) is 21.6. The first kappa shape index (κ1) is 25.0. The van der Waals surface area contributed by atoms with E-state index in [0.29, 0.717) is 26.1 Å². The maximum Gasteiger partial charge on any atom is 0.271 e. The zero-order valence-electron chi connectivity index (χ0n) is 21.6. The number of rotatable bonds is 5. The third kappa shape index (κ3) is 5.23. The maximum atomic E-state index is 13.4. The van der Waals surface area contributed by atoms with Gasteiger partial charge in [0.1, 0.15) is 17.6 Å². The minimum atomic E-state index is -0.300. The summed E-state index contributed by atoms with van der Waals surface area (Å²) in [4.78, 5) is 30.1. The highest BCUT2D eigenvalue weighted by molar-refractivity contribution is 5.82. The molecule has 37 heavy (non-hydrogen) atoms. The van der Waals surface area contributed by atoms with Gasteiger partial charge in [-0.1, -0.05) is 24.3 Å². The van der Waals surface area contributed by atoms with E-state index in [4.69, 9.17) is 4.74 Å². The molecule has 2 aromatic carbocycles. The van der Waals surface area contributed by atoms with Gasteiger partial charge in [-0.3, -0.25) is 9.59 Å². The molecule has 0 bridgehead atoms. The number of aryl methyl sites for hydroxylation is 2. The van der Waals surface area contributed by atoms with Crippen molar-refractivity contribution >= 4 is 11.7 Å². The van der Waals surface area contributed by atoms with E-state index >= 15 is 0 Å². The van der Waals surface area contributed by atoms with Crippen molar-refractivity contribution in [2.75, 3.05) is 38.2 Å². The Balaban J connectivity index is 1.25. The van der Waals surface area contributed by atoms with Crippen LogP contribution in [-0.2, 0) is 4.79 Å². The minimum absolute atomic E-state index is 0.00392. The van der Waals surface area contributed by atoms with Crippen LogP contribution < -0.4 is 26.0 Å². The SMILES string of the molecule is COc1ccccc1C1CC(C(=O)N2CCCN(c3ccc(=O)n(-c4ccc(C)c(C)c4)n3)CC2)NN1. The number of hydrazine groups is 1. The number of carbonyl (C=O) groups excluding carboxylic acids is 1. The van der Waals surface area contributed by atoms with Gasteiger partial charge in [-0.15, -0.1) is 5.10 Å². The molecule has 2 aliphatic heterocycles. The van der Waals surface area contributed by atoms with Gasteiger partial charge in [0, 0.05) is 37.8 Å². The Labute approximate surface area is 217 Å². The minimum Gasteiger partial charge on any atom is -0.496 e. The van der Waals surface area contributed by atoms with Crippen molar-refractivity contribution in [2.45, 2.75) is 38.8 Å². The predicted octanol–water partition coefficient (Wildman–Crippen LogP) is 2.50. The van der Waals surface area contributed by atoms with E-state index in [0.717, 1.165) is 41.3 Å². The number of hydrogen-bond acceptors (Lipinski definition) is 7. The van der Waals surface area contributed by atoms with Gasteiger partial charge in [-0.25, -0.2) is 10.9 Å². The molecule has 2 saturated heterocycles. The Bertz CT molecular complexity index is 1340. The van der Waals surface area contributed by atoms with Gasteiger partial charge >= 0.3 is 0 Å². The van der Waals surface area contributed by atoms with E-state index in [2.05, 4.69) is 20.9 Å². The van der Waals surface area contributed by atoms with Crippen molar-refractivity contribution in [3.63, 3.8) is 0 Å². The van der Waals surface area contributed by atoms with Crippen molar-refractivity contribution in [1.29, 1.82) is 0 Å². The summed E-state index contributed by atoms with van der Waals surface area (Å²) in [6, 6.07) is 16.8. The van der Waals surface area contributed by atoms with Crippen LogP contribution >= 0.6 is 0 Å². The van der Waals surface area contributed by atoms with Crippen molar-refractivity contribution in [2.24, 2.45) is 0 Å². The van der Waals surface area contributed by atoms with Crippen LogP contribution in [-0.4, -0.2) is 59.9 Å².